The fourth-order valence-corrected chi connectivity index (χ4v) is 2.86. The molecule has 29 heavy (non-hydrogen) atoms. The summed E-state index contributed by atoms with van der Waals surface area (Å²) >= 11 is 0. The van der Waals surface area contributed by atoms with E-state index in [-0.39, 0.29) is 18.2 Å². The zero-order valence-electron chi connectivity index (χ0n) is 16.1. The highest BCUT2D eigenvalue weighted by Gasteiger charge is 2.30. The summed E-state index contributed by atoms with van der Waals surface area (Å²) in [4.78, 5) is 36.1. The number of amides is 1. The minimum Gasteiger partial charge on any atom is -0.481 e. The van der Waals surface area contributed by atoms with Gasteiger partial charge < -0.3 is 20.8 Å². The molecule has 0 aliphatic rings. The first-order valence-corrected chi connectivity index (χ1v) is 8.89. The van der Waals surface area contributed by atoms with Gasteiger partial charge >= 0.3 is 11.9 Å². The molecule has 1 amide bonds. The number of hydrogen-bond donors (Lipinski definition) is 4. The van der Waals surface area contributed by atoms with Crippen LogP contribution in [-0.2, 0) is 9.59 Å². The second-order valence-electron chi connectivity index (χ2n) is 6.80. The number of rotatable bonds is 8. The van der Waals surface area contributed by atoms with E-state index in [2.05, 4.69) is 0 Å². The van der Waals surface area contributed by atoms with Gasteiger partial charge in [-0.15, -0.1) is 0 Å². The van der Waals surface area contributed by atoms with Crippen molar-refractivity contribution in [1.82, 2.24) is 4.90 Å². The number of carboxylic acids is 2. The van der Waals surface area contributed by atoms with E-state index in [9.17, 15) is 14.4 Å². The van der Waals surface area contributed by atoms with Crippen molar-refractivity contribution in [3.8, 4) is 11.1 Å². The van der Waals surface area contributed by atoms with Crippen LogP contribution >= 0.6 is 0 Å². The highest BCUT2D eigenvalue weighted by atomic mass is 16.4. The van der Waals surface area contributed by atoms with Gasteiger partial charge in [-0.1, -0.05) is 36.4 Å². The largest absolute Gasteiger partial charge is 0.481 e. The highest BCUT2D eigenvalue weighted by Crippen LogP contribution is 2.22. The van der Waals surface area contributed by atoms with E-state index >= 15 is 0 Å². The Morgan fingerprint density at radius 2 is 1.34 bits per heavy atom. The number of nitrogen functional groups attached to an aromatic ring is 1. The van der Waals surface area contributed by atoms with Gasteiger partial charge in [-0.05, 0) is 36.6 Å². The van der Waals surface area contributed by atoms with Gasteiger partial charge in [-0.3, -0.25) is 19.8 Å². The van der Waals surface area contributed by atoms with Crippen LogP contribution in [0.3, 0.4) is 0 Å². The second kappa shape index (κ2) is 9.01. The van der Waals surface area contributed by atoms with Gasteiger partial charge in [0.2, 0.25) is 0 Å². The zero-order chi connectivity index (χ0) is 21.7. The lowest BCUT2D eigenvalue weighted by atomic mass is 9.99. The number of nitrogens with two attached hydrogens (primary N) is 1. The Balaban J connectivity index is 2.11. The Bertz CT molecular complexity index is 908. The van der Waals surface area contributed by atoms with Crippen molar-refractivity contribution >= 4 is 23.7 Å². The maximum atomic E-state index is 12.7. The molecule has 0 aromatic heterocycles. The van der Waals surface area contributed by atoms with Gasteiger partial charge in [0.1, 0.15) is 5.84 Å². The summed E-state index contributed by atoms with van der Waals surface area (Å²) in [5.41, 5.74) is 8.26. The first kappa shape index (κ1) is 21.6. The summed E-state index contributed by atoms with van der Waals surface area (Å²) < 4.78 is 0. The second-order valence-corrected chi connectivity index (χ2v) is 6.80. The number of nitrogens with one attached hydrogen (secondary N) is 1. The third kappa shape index (κ3) is 5.19. The van der Waals surface area contributed by atoms with Gasteiger partial charge in [0.25, 0.3) is 5.91 Å². The molecule has 0 saturated heterocycles. The van der Waals surface area contributed by atoms with Crippen LogP contribution in [0.15, 0.2) is 48.5 Å². The van der Waals surface area contributed by atoms with E-state index in [1.165, 1.54) is 11.9 Å². The lowest BCUT2D eigenvalue weighted by Crippen LogP contribution is -2.39. The smallest absolute Gasteiger partial charge is 0.317 e. The molecule has 0 aliphatic carbocycles. The molecule has 2 rings (SSSR count). The van der Waals surface area contributed by atoms with Crippen LogP contribution < -0.4 is 5.73 Å². The highest BCUT2D eigenvalue weighted by molar-refractivity contribution is 5.96. The fourth-order valence-electron chi connectivity index (χ4n) is 2.86. The summed E-state index contributed by atoms with van der Waals surface area (Å²) in [7, 11) is 1.52. The number of hydrogen-bond acceptors (Lipinski definition) is 4. The summed E-state index contributed by atoms with van der Waals surface area (Å²) in [6.07, 6.45) is -0.187. The maximum Gasteiger partial charge on any atom is 0.317 e. The first-order chi connectivity index (χ1) is 13.6. The molecule has 2 aromatic rings. The standard InChI is InChI=1S/C21H23N3O5/c1-12(11-17(20(26)27)21(28)29)24(2)19(25)16-9-5-14(6-10-16)13-3-7-15(8-4-13)18(22)23/h3-10,12,17H,11H2,1-2H3,(H3,22,23)(H,26,27)(H,28,29). The molecule has 1 atom stereocenters. The average molecular weight is 397 g/mol. The number of carbonyl (C=O) groups is 3. The number of aliphatic carboxylic acids is 2. The van der Waals surface area contributed by atoms with E-state index in [0.717, 1.165) is 11.1 Å². The SMILES string of the molecule is CC(CC(C(=O)O)C(=O)O)N(C)C(=O)c1ccc(-c2ccc(C(=N)N)cc2)cc1. The van der Waals surface area contributed by atoms with Gasteiger partial charge in [0.05, 0.1) is 0 Å². The van der Waals surface area contributed by atoms with Gasteiger partial charge in [0.15, 0.2) is 5.92 Å². The van der Waals surface area contributed by atoms with Crippen LogP contribution in [0.2, 0.25) is 0 Å². The van der Waals surface area contributed by atoms with Crippen molar-refractivity contribution in [1.29, 1.82) is 5.41 Å². The predicted molar refractivity (Wildman–Crippen MR) is 108 cm³/mol. The summed E-state index contributed by atoms with van der Waals surface area (Å²) in [6.45, 7) is 1.61. The van der Waals surface area contributed by atoms with Crippen molar-refractivity contribution in [3.63, 3.8) is 0 Å². The Labute approximate surface area is 168 Å². The van der Waals surface area contributed by atoms with Crippen LogP contribution in [0.1, 0.15) is 29.3 Å². The number of benzene rings is 2. The fraction of sp³-hybridized carbons (Fsp3) is 0.238. The lowest BCUT2D eigenvalue weighted by Gasteiger charge is -2.26. The molecule has 0 radical (unpaired) electrons. The van der Waals surface area contributed by atoms with Crippen LogP contribution in [-0.4, -0.2) is 51.9 Å². The molecule has 2 aromatic carbocycles. The molecule has 0 bridgehead atoms. The molecule has 5 N–H and O–H groups in total. The van der Waals surface area contributed by atoms with E-state index in [1.807, 2.05) is 12.1 Å². The average Bonchev–Trinajstić information content (AvgIpc) is 2.70. The van der Waals surface area contributed by atoms with Gasteiger partial charge in [-0.25, -0.2) is 0 Å². The number of nitrogens with zero attached hydrogens (tertiary/aromatic N) is 1. The lowest BCUT2D eigenvalue weighted by molar-refractivity contribution is -0.155. The Morgan fingerprint density at radius 1 is 0.931 bits per heavy atom. The minimum absolute atomic E-state index is 0.0114. The molecule has 0 heterocycles. The molecule has 152 valence electrons. The van der Waals surface area contributed by atoms with Crippen molar-refractivity contribution in [2.24, 2.45) is 11.7 Å². The van der Waals surface area contributed by atoms with Crippen LogP contribution in [0, 0.1) is 11.3 Å². The Morgan fingerprint density at radius 3 is 1.72 bits per heavy atom. The quantitative estimate of drug-likeness (QED) is 0.305. The maximum absolute atomic E-state index is 12.7. The normalized spacial score (nSPS) is 11.7. The van der Waals surface area contributed by atoms with Gasteiger partial charge in [0, 0.05) is 24.2 Å². The van der Waals surface area contributed by atoms with E-state index in [0.29, 0.717) is 11.1 Å². The molecule has 8 nitrogen and oxygen atoms in total. The van der Waals surface area contributed by atoms with Gasteiger partial charge in [-0.2, -0.15) is 0 Å². The third-order valence-corrected chi connectivity index (χ3v) is 4.82. The zero-order valence-corrected chi connectivity index (χ0v) is 16.1. The van der Waals surface area contributed by atoms with E-state index in [1.54, 1.807) is 43.3 Å². The molecule has 8 heteroatoms. The Hall–Kier alpha value is -3.68. The summed E-state index contributed by atoms with van der Waals surface area (Å²) in [6, 6.07) is 13.5. The number of carbonyl (C=O) groups excluding carboxylic acids is 1. The van der Waals surface area contributed by atoms with E-state index < -0.39 is 23.9 Å². The topological polar surface area (TPSA) is 145 Å². The van der Waals surface area contributed by atoms with Crippen LogP contribution in [0.4, 0.5) is 0 Å². The van der Waals surface area contributed by atoms with Crippen LogP contribution in [0.5, 0.6) is 0 Å². The monoisotopic (exact) mass is 397 g/mol. The Kier molecular flexibility index (Phi) is 6.71. The number of carboxylic acid groups (broad SMARTS) is 2. The summed E-state index contributed by atoms with van der Waals surface area (Å²) in [5.74, 6) is -4.76. The number of amidine groups is 1. The van der Waals surface area contributed by atoms with E-state index in [4.69, 9.17) is 21.4 Å². The van der Waals surface area contributed by atoms with Crippen LogP contribution in [0.25, 0.3) is 11.1 Å². The molecule has 0 aliphatic heterocycles. The third-order valence-electron chi connectivity index (χ3n) is 4.82. The van der Waals surface area contributed by atoms with Crippen molar-refractivity contribution in [3.05, 3.63) is 59.7 Å². The molecule has 1 unspecified atom stereocenters. The molecular weight excluding hydrogens is 374 g/mol. The summed E-state index contributed by atoms with van der Waals surface area (Å²) in [5, 5.41) is 25.4. The first-order valence-electron chi connectivity index (χ1n) is 8.89. The minimum atomic E-state index is -1.57. The molecule has 0 spiro atoms. The molecule has 0 saturated carbocycles. The molecular formula is C21H23N3O5. The molecule has 0 fully saturated rings. The van der Waals surface area contributed by atoms with Crippen molar-refractivity contribution in [2.45, 2.75) is 19.4 Å². The van der Waals surface area contributed by atoms with Crippen molar-refractivity contribution < 1.29 is 24.6 Å². The predicted octanol–water partition coefficient (Wildman–Crippen LogP) is 2.27. The van der Waals surface area contributed by atoms with Crippen molar-refractivity contribution in [2.75, 3.05) is 7.05 Å².